The van der Waals surface area contributed by atoms with E-state index in [9.17, 15) is 22.8 Å². The average Bonchev–Trinajstić information content (AvgIpc) is 2.60. The van der Waals surface area contributed by atoms with Crippen LogP contribution in [0.3, 0.4) is 0 Å². The molecule has 2 rings (SSSR count). The van der Waals surface area contributed by atoms with Gasteiger partial charge in [0.2, 0.25) is 5.91 Å². The van der Waals surface area contributed by atoms with Crippen molar-refractivity contribution in [2.24, 2.45) is 5.73 Å². The summed E-state index contributed by atoms with van der Waals surface area (Å²) in [6, 6.07) is 7.37. The monoisotopic (exact) mass is 369 g/mol. The number of nitrogens with one attached hydrogen (secondary N) is 1. The molecule has 3 N–H and O–H groups in total. The minimum atomic E-state index is -4.42. The van der Waals surface area contributed by atoms with Gasteiger partial charge in [0.15, 0.2) is 5.75 Å². The molecule has 0 saturated heterocycles. The number of hydrogen-bond donors (Lipinski definition) is 2. The average molecular weight is 369 g/mol. The predicted octanol–water partition coefficient (Wildman–Crippen LogP) is 2.25. The van der Waals surface area contributed by atoms with Crippen molar-refractivity contribution >= 4 is 12.0 Å². The maximum absolute atomic E-state index is 12.5. The van der Waals surface area contributed by atoms with Crippen molar-refractivity contribution in [3.8, 4) is 11.6 Å². The number of aromatic nitrogens is 1. The summed E-state index contributed by atoms with van der Waals surface area (Å²) in [4.78, 5) is 26.4. The van der Waals surface area contributed by atoms with E-state index in [1.165, 1.54) is 30.5 Å². The largest absolute Gasteiger partial charge is 0.483 e. The smallest absolute Gasteiger partial charge is 0.420 e. The van der Waals surface area contributed by atoms with E-state index in [4.69, 9.17) is 15.2 Å². The number of amides is 2. The highest BCUT2D eigenvalue weighted by atomic mass is 19.4. The second-order valence-corrected chi connectivity index (χ2v) is 4.93. The Kier molecular flexibility index (Phi) is 6.12. The number of alkyl halides is 3. The van der Waals surface area contributed by atoms with Gasteiger partial charge in [-0.1, -0.05) is 12.1 Å². The van der Waals surface area contributed by atoms with E-state index in [1.54, 1.807) is 0 Å². The number of ether oxygens (including phenoxy) is 2. The zero-order valence-electron chi connectivity index (χ0n) is 13.2. The van der Waals surface area contributed by atoms with Crippen LogP contribution >= 0.6 is 0 Å². The molecule has 0 aliphatic carbocycles. The SMILES string of the molecule is NCC(=O)NC(=O)Oc1ncccc1OCc1ccc(C(F)(F)F)cc1. The number of nitrogens with zero attached hydrogens (tertiary/aromatic N) is 1. The Morgan fingerprint density at radius 1 is 1.15 bits per heavy atom. The van der Waals surface area contributed by atoms with Crippen molar-refractivity contribution in [2.75, 3.05) is 6.54 Å². The Balaban J connectivity index is 2.02. The molecule has 0 radical (unpaired) electrons. The molecule has 0 unspecified atom stereocenters. The molecule has 2 aromatic rings. The highest BCUT2D eigenvalue weighted by Gasteiger charge is 2.29. The highest BCUT2D eigenvalue weighted by molar-refractivity contribution is 5.93. The van der Waals surface area contributed by atoms with Gasteiger partial charge in [0, 0.05) is 6.20 Å². The summed E-state index contributed by atoms with van der Waals surface area (Å²) in [5.41, 5.74) is 4.76. The van der Waals surface area contributed by atoms with E-state index >= 15 is 0 Å². The maximum Gasteiger partial charge on any atom is 0.420 e. The Morgan fingerprint density at radius 2 is 1.85 bits per heavy atom. The van der Waals surface area contributed by atoms with Gasteiger partial charge in [0.1, 0.15) is 6.61 Å². The molecule has 0 saturated carbocycles. The number of carbonyl (C=O) groups excluding carboxylic acids is 2. The molecular formula is C16H14F3N3O4. The molecule has 2 amide bonds. The van der Waals surface area contributed by atoms with Crippen LogP contribution in [0.15, 0.2) is 42.6 Å². The number of imide groups is 1. The number of pyridine rings is 1. The zero-order chi connectivity index (χ0) is 19.2. The summed E-state index contributed by atoms with van der Waals surface area (Å²) in [6.45, 7) is -0.474. The van der Waals surface area contributed by atoms with Crippen LogP contribution in [0.1, 0.15) is 11.1 Å². The summed E-state index contributed by atoms with van der Waals surface area (Å²) in [5, 5.41) is 1.87. The van der Waals surface area contributed by atoms with Gasteiger partial charge in [-0.25, -0.2) is 9.78 Å². The second-order valence-electron chi connectivity index (χ2n) is 4.93. The van der Waals surface area contributed by atoms with E-state index in [0.29, 0.717) is 5.56 Å². The number of rotatable bonds is 5. The zero-order valence-corrected chi connectivity index (χ0v) is 13.2. The first-order valence-corrected chi connectivity index (χ1v) is 7.25. The number of benzene rings is 1. The third-order valence-electron chi connectivity index (χ3n) is 3.03. The molecular weight excluding hydrogens is 355 g/mol. The summed E-state index contributed by atoms with van der Waals surface area (Å²) >= 11 is 0. The van der Waals surface area contributed by atoms with Crippen molar-refractivity contribution in [2.45, 2.75) is 12.8 Å². The number of hydrogen-bond acceptors (Lipinski definition) is 6. The fraction of sp³-hybridized carbons (Fsp3) is 0.188. The molecule has 7 nitrogen and oxygen atoms in total. The fourth-order valence-corrected chi connectivity index (χ4v) is 1.79. The predicted molar refractivity (Wildman–Crippen MR) is 83.2 cm³/mol. The van der Waals surface area contributed by atoms with Gasteiger partial charge in [0.05, 0.1) is 12.1 Å². The Morgan fingerprint density at radius 3 is 2.46 bits per heavy atom. The molecule has 0 aliphatic heterocycles. The minimum absolute atomic E-state index is 0.0720. The number of nitrogens with two attached hydrogens (primary N) is 1. The topological polar surface area (TPSA) is 104 Å². The standard InChI is InChI=1S/C16H14F3N3O4/c17-16(18,19)11-5-3-10(4-6-11)9-25-12-2-1-7-21-14(12)26-15(24)22-13(23)8-20/h1-7H,8-9,20H2,(H,22,23,24). The lowest BCUT2D eigenvalue weighted by Gasteiger charge is -2.11. The molecule has 1 aromatic carbocycles. The van der Waals surface area contributed by atoms with Crippen molar-refractivity contribution in [3.05, 3.63) is 53.7 Å². The Labute approximate surface area is 145 Å². The molecule has 1 aromatic heterocycles. The van der Waals surface area contributed by atoms with E-state index in [2.05, 4.69) is 4.98 Å². The number of halogens is 3. The molecule has 1 heterocycles. The summed E-state index contributed by atoms with van der Waals surface area (Å²) in [7, 11) is 0. The van der Waals surface area contributed by atoms with Crippen LogP contribution in [0.25, 0.3) is 0 Å². The molecule has 0 aliphatic rings. The fourth-order valence-electron chi connectivity index (χ4n) is 1.79. The Bertz CT molecular complexity index is 779. The summed E-state index contributed by atoms with van der Waals surface area (Å²) < 4.78 is 47.9. The van der Waals surface area contributed by atoms with Gasteiger partial charge in [0.25, 0.3) is 5.88 Å². The molecule has 0 spiro atoms. The third kappa shape index (κ3) is 5.45. The van der Waals surface area contributed by atoms with E-state index in [-0.39, 0.29) is 18.2 Å². The maximum atomic E-state index is 12.5. The summed E-state index contributed by atoms with van der Waals surface area (Å²) in [6.07, 6.45) is -4.17. The lowest BCUT2D eigenvalue weighted by molar-refractivity contribution is -0.137. The quantitative estimate of drug-likeness (QED) is 0.838. The van der Waals surface area contributed by atoms with Crippen molar-refractivity contribution in [1.29, 1.82) is 0 Å². The van der Waals surface area contributed by atoms with Gasteiger partial charge in [-0.3, -0.25) is 10.1 Å². The lowest BCUT2D eigenvalue weighted by Crippen LogP contribution is -2.37. The highest BCUT2D eigenvalue weighted by Crippen LogP contribution is 2.29. The molecule has 0 fully saturated rings. The van der Waals surface area contributed by atoms with Gasteiger partial charge >= 0.3 is 12.3 Å². The van der Waals surface area contributed by atoms with E-state index in [1.807, 2.05) is 5.32 Å². The van der Waals surface area contributed by atoms with Crippen molar-refractivity contribution in [3.63, 3.8) is 0 Å². The van der Waals surface area contributed by atoms with Crippen molar-refractivity contribution < 1.29 is 32.2 Å². The van der Waals surface area contributed by atoms with Gasteiger partial charge in [-0.2, -0.15) is 13.2 Å². The van der Waals surface area contributed by atoms with Crippen LogP contribution in [-0.4, -0.2) is 23.5 Å². The molecule has 0 atom stereocenters. The van der Waals surface area contributed by atoms with Crippen LogP contribution in [-0.2, 0) is 17.6 Å². The molecule has 10 heteroatoms. The van der Waals surface area contributed by atoms with Crippen molar-refractivity contribution in [1.82, 2.24) is 10.3 Å². The van der Waals surface area contributed by atoms with Gasteiger partial charge in [-0.05, 0) is 29.8 Å². The van der Waals surface area contributed by atoms with Crippen LogP contribution in [0.2, 0.25) is 0 Å². The number of carbonyl (C=O) groups is 2. The van der Waals surface area contributed by atoms with Crippen LogP contribution in [0, 0.1) is 0 Å². The lowest BCUT2D eigenvalue weighted by atomic mass is 10.1. The normalized spacial score (nSPS) is 10.9. The van der Waals surface area contributed by atoms with Crippen LogP contribution < -0.4 is 20.5 Å². The Hall–Kier alpha value is -3.14. The minimum Gasteiger partial charge on any atom is -0.483 e. The third-order valence-corrected chi connectivity index (χ3v) is 3.03. The molecule has 26 heavy (non-hydrogen) atoms. The van der Waals surface area contributed by atoms with Gasteiger partial charge in [-0.15, -0.1) is 0 Å². The van der Waals surface area contributed by atoms with Crippen LogP contribution in [0.5, 0.6) is 11.6 Å². The first-order chi connectivity index (χ1) is 12.3. The first-order valence-electron chi connectivity index (χ1n) is 7.25. The van der Waals surface area contributed by atoms with E-state index in [0.717, 1.165) is 12.1 Å². The first kappa shape index (κ1) is 19.2. The van der Waals surface area contributed by atoms with E-state index < -0.39 is 30.3 Å². The summed E-state index contributed by atoms with van der Waals surface area (Å²) in [5.74, 6) is -0.873. The molecule has 138 valence electrons. The molecule has 0 bridgehead atoms. The van der Waals surface area contributed by atoms with Crippen LogP contribution in [0.4, 0.5) is 18.0 Å². The second kappa shape index (κ2) is 8.30. The van der Waals surface area contributed by atoms with Gasteiger partial charge < -0.3 is 15.2 Å².